The molecule has 2 atom stereocenters. The molecule has 10 nitrogen and oxygen atoms in total. The van der Waals surface area contributed by atoms with E-state index < -0.39 is 11.9 Å². The van der Waals surface area contributed by atoms with E-state index in [-0.39, 0.29) is 11.6 Å². The van der Waals surface area contributed by atoms with Crippen LogP contribution < -0.4 is 5.56 Å². The van der Waals surface area contributed by atoms with Crippen molar-refractivity contribution >= 4 is 40.5 Å². The first-order chi connectivity index (χ1) is 18.3. The van der Waals surface area contributed by atoms with Crippen molar-refractivity contribution in [1.82, 2.24) is 34.7 Å². The molecule has 5 aromatic rings. The van der Waals surface area contributed by atoms with E-state index in [0.29, 0.717) is 50.7 Å². The predicted molar refractivity (Wildman–Crippen MR) is 143 cm³/mol. The van der Waals surface area contributed by atoms with E-state index in [1.807, 2.05) is 12.1 Å². The maximum absolute atomic E-state index is 13.4. The molecule has 0 fully saturated rings. The van der Waals surface area contributed by atoms with E-state index in [0.717, 1.165) is 16.1 Å². The number of nitrogens with zero attached hydrogens (tertiary/aromatic N) is 6. The molecule has 13 heteroatoms. The Hall–Kier alpha value is -3.80. The lowest BCUT2D eigenvalue weighted by atomic mass is 10.0. The van der Waals surface area contributed by atoms with Crippen LogP contribution in [-0.4, -0.2) is 45.8 Å². The Morgan fingerprint density at radius 3 is 2.82 bits per heavy atom. The maximum atomic E-state index is 13.4. The monoisotopic (exact) mass is 567 g/mol. The number of rotatable bonds is 6. The standard InChI is InChI=1S/C25H19Cl2N7O3S/c1-12(25(36)37)19-6-7-20(38-19)22-23(27)30-24(29-22)18-5-3-15-8-13(9-21(35)34(15)18)16-10-14(26)2-4-17(16)33-11-28-31-32-33/h2,4,6-12,18H,3,5H2,1H3,(H,29,30)(H,36,37)/t12?,18-/m0/s1. The van der Waals surface area contributed by atoms with Gasteiger partial charge in [0.15, 0.2) is 0 Å². The molecular weight excluding hydrogens is 549 g/mol. The van der Waals surface area contributed by atoms with Crippen LogP contribution in [0.3, 0.4) is 0 Å². The second-order valence-corrected chi connectivity index (χ2v) is 10.9. The number of pyridine rings is 1. The van der Waals surface area contributed by atoms with Gasteiger partial charge in [-0.2, -0.15) is 4.68 Å². The van der Waals surface area contributed by atoms with E-state index >= 15 is 0 Å². The van der Waals surface area contributed by atoms with E-state index in [1.54, 1.807) is 41.8 Å². The molecule has 4 aromatic heterocycles. The van der Waals surface area contributed by atoms with Crippen molar-refractivity contribution in [3.05, 3.63) is 85.7 Å². The number of H-pyrrole nitrogens is 1. The average Bonchev–Trinajstić information content (AvgIpc) is 3.69. The van der Waals surface area contributed by atoms with Crippen LogP contribution in [0.25, 0.3) is 27.4 Å². The summed E-state index contributed by atoms with van der Waals surface area (Å²) in [5.41, 5.74) is 3.38. The number of carboxylic acid groups (broad SMARTS) is 1. The number of fused-ring (bicyclic) bond motifs is 1. The summed E-state index contributed by atoms with van der Waals surface area (Å²) in [4.78, 5) is 34.1. The van der Waals surface area contributed by atoms with Crippen LogP contribution in [-0.2, 0) is 11.2 Å². The summed E-state index contributed by atoms with van der Waals surface area (Å²) in [6, 6.07) is 12.2. The molecule has 5 heterocycles. The number of carbonyl (C=O) groups is 1. The number of halogens is 2. The molecule has 38 heavy (non-hydrogen) atoms. The van der Waals surface area contributed by atoms with Crippen LogP contribution in [0.1, 0.15) is 41.7 Å². The smallest absolute Gasteiger partial charge is 0.311 e. The van der Waals surface area contributed by atoms with Gasteiger partial charge in [-0.3, -0.25) is 9.59 Å². The maximum Gasteiger partial charge on any atom is 0.311 e. The number of nitrogens with one attached hydrogen (secondary N) is 1. The lowest BCUT2D eigenvalue weighted by Crippen LogP contribution is -2.23. The topological polar surface area (TPSA) is 132 Å². The summed E-state index contributed by atoms with van der Waals surface area (Å²) in [6.07, 6.45) is 2.82. The lowest BCUT2D eigenvalue weighted by molar-refractivity contribution is -0.138. The number of aromatic nitrogens is 7. The van der Waals surface area contributed by atoms with Gasteiger partial charge in [-0.25, -0.2) is 4.98 Å². The highest BCUT2D eigenvalue weighted by Gasteiger charge is 2.29. The fourth-order valence-electron chi connectivity index (χ4n) is 4.75. The fraction of sp³-hybridized carbons (Fsp3) is 0.200. The van der Waals surface area contributed by atoms with Crippen molar-refractivity contribution in [2.24, 2.45) is 0 Å². The van der Waals surface area contributed by atoms with Crippen molar-refractivity contribution in [1.29, 1.82) is 0 Å². The summed E-state index contributed by atoms with van der Waals surface area (Å²) in [5, 5.41) is 21.6. The van der Waals surface area contributed by atoms with Gasteiger partial charge in [-0.05, 0) is 72.2 Å². The molecule has 0 aliphatic carbocycles. The summed E-state index contributed by atoms with van der Waals surface area (Å²) >= 11 is 14.1. The molecule has 0 spiro atoms. The summed E-state index contributed by atoms with van der Waals surface area (Å²) in [6.45, 7) is 1.64. The average molecular weight is 568 g/mol. The van der Waals surface area contributed by atoms with Crippen molar-refractivity contribution in [2.75, 3.05) is 0 Å². The second kappa shape index (κ2) is 9.50. The second-order valence-electron chi connectivity index (χ2n) is 8.96. The number of hydrogen-bond acceptors (Lipinski definition) is 7. The van der Waals surface area contributed by atoms with Gasteiger partial charge in [0.25, 0.3) is 5.56 Å². The first-order valence-electron chi connectivity index (χ1n) is 11.7. The number of tetrazole rings is 1. The number of hydrogen-bond donors (Lipinski definition) is 2. The van der Waals surface area contributed by atoms with Crippen LogP contribution in [0.5, 0.6) is 0 Å². The summed E-state index contributed by atoms with van der Waals surface area (Å²) < 4.78 is 3.26. The van der Waals surface area contributed by atoms with Gasteiger partial charge in [-0.1, -0.05) is 23.2 Å². The van der Waals surface area contributed by atoms with Gasteiger partial charge < -0.3 is 14.7 Å². The summed E-state index contributed by atoms with van der Waals surface area (Å²) in [7, 11) is 0. The fourth-order valence-corrected chi connectivity index (χ4v) is 6.26. The number of aliphatic carboxylic acids is 1. The Balaban J connectivity index is 1.36. The molecule has 0 radical (unpaired) electrons. The highest BCUT2D eigenvalue weighted by atomic mass is 35.5. The van der Waals surface area contributed by atoms with Gasteiger partial charge in [0, 0.05) is 27.2 Å². The highest BCUT2D eigenvalue weighted by Crippen LogP contribution is 2.38. The molecule has 0 amide bonds. The molecule has 192 valence electrons. The van der Waals surface area contributed by atoms with Crippen LogP contribution in [0.4, 0.5) is 0 Å². The van der Waals surface area contributed by atoms with Crippen molar-refractivity contribution in [3.8, 4) is 27.4 Å². The third-order valence-electron chi connectivity index (χ3n) is 6.65. The lowest BCUT2D eigenvalue weighted by Gasteiger charge is -2.14. The quantitative estimate of drug-likeness (QED) is 0.296. The largest absolute Gasteiger partial charge is 0.481 e. The summed E-state index contributed by atoms with van der Waals surface area (Å²) in [5.74, 6) is -0.936. The van der Waals surface area contributed by atoms with Gasteiger partial charge in [0.1, 0.15) is 23.0 Å². The van der Waals surface area contributed by atoms with E-state index in [9.17, 15) is 14.7 Å². The zero-order chi connectivity index (χ0) is 26.6. The van der Waals surface area contributed by atoms with Crippen molar-refractivity contribution in [2.45, 2.75) is 31.7 Å². The highest BCUT2D eigenvalue weighted by molar-refractivity contribution is 7.15. The number of aryl methyl sites for hydroxylation is 1. The normalized spacial score (nSPS) is 15.5. The minimum atomic E-state index is -0.892. The van der Waals surface area contributed by atoms with Crippen LogP contribution in [0, 0.1) is 0 Å². The molecule has 1 unspecified atom stereocenters. The molecule has 1 aliphatic heterocycles. The SMILES string of the molecule is CC(C(=O)O)c1ccc(-c2nc([C@@H]3CCc4cc(-c5cc(Cl)ccc5-n5cnnn5)cc(=O)n43)[nH]c2Cl)s1. The predicted octanol–water partition coefficient (Wildman–Crippen LogP) is 4.97. The zero-order valence-corrected chi connectivity index (χ0v) is 22.1. The van der Waals surface area contributed by atoms with Gasteiger partial charge in [0.05, 0.1) is 22.5 Å². The molecular formula is C25H19Cl2N7O3S. The zero-order valence-electron chi connectivity index (χ0n) is 19.8. The van der Waals surface area contributed by atoms with Crippen LogP contribution in [0.2, 0.25) is 10.2 Å². The van der Waals surface area contributed by atoms with E-state index in [4.69, 9.17) is 28.2 Å². The third-order valence-corrected chi connectivity index (χ3v) is 8.43. The minimum Gasteiger partial charge on any atom is -0.481 e. The minimum absolute atomic E-state index is 0.176. The molecule has 1 aromatic carbocycles. The number of thiophene rings is 1. The Morgan fingerprint density at radius 1 is 1.21 bits per heavy atom. The Kier molecular flexibility index (Phi) is 6.13. The van der Waals surface area contributed by atoms with Crippen LogP contribution in [0.15, 0.2) is 53.6 Å². The Labute approximate surface area is 229 Å². The van der Waals surface area contributed by atoms with E-state index in [2.05, 4.69) is 20.5 Å². The first-order valence-corrected chi connectivity index (χ1v) is 13.2. The van der Waals surface area contributed by atoms with Crippen molar-refractivity contribution < 1.29 is 9.90 Å². The van der Waals surface area contributed by atoms with Crippen LogP contribution >= 0.6 is 34.5 Å². The molecule has 1 aliphatic rings. The third kappa shape index (κ3) is 4.22. The Bertz CT molecular complexity index is 1740. The van der Waals surface area contributed by atoms with E-state index in [1.165, 1.54) is 22.3 Å². The van der Waals surface area contributed by atoms with Gasteiger partial charge in [-0.15, -0.1) is 16.4 Å². The number of benzene rings is 1. The molecule has 0 bridgehead atoms. The van der Waals surface area contributed by atoms with Crippen molar-refractivity contribution in [3.63, 3.8) is 0 Å². The Morgan fingerprint density at radius 2 is 2.05 bits per heavy atom. The van der Waals surface area contributed by atoms with Gasteiger partial charge in [0.2, 0.25) is 0 Å². The number of imidazole rings is 1. The molecule has 6 rings (SSSR count). The van der Waals surface area contributed by atoms with Gasteiger partial charge >= 0.3 is 5.97 Å². The number of carboxylic acids is 1. The molecule has 0 saturated heterocycles. The first kappa shape index (κ1) is 24.5. The number of aromatic amines is 1. The molecule has 0 saturated carbocycles. The molecule has 2 N–H and O–H groups in total.